The van der Waals surface area contributed by atoms with Gasteiger partial charge in [-0.15, -0.1) is 0 Å². The minimum atomic E-state index is -1.13. The van der Waals surface area contributed by atoms with Crippen LogP contribution in [0, 0.1) is 17.3 Å². The van der Waals surface area contributed by atoms with Crippen LogP contribution in [0.15, 0.2) is 0 Å². The fourth-order valence-corrected chi connectivity index (χ4v) is 2.23. The number of carboxylic acids is 2. The van der Waals surface area contributed by atoms with Gasteiger partial charge in [-0.05, 0) is 25.2 Å². The van der Waals surface area contributed by atoms with Crippen LogP contribution in [0.4, 0.5) is 0 Å². The first kappa shape index (κ1) is 14.9. The van der Waals surface area contributed by atoms with Crippen LogP contribution in [0.1, 0.15) is 47.0 Å². The third kappa shape index (κ3) is 2.97. The summed E-state index contributed by atoms with van der Waals surface area (Å²) >= 11 is 0. The van der Waals surface area contributed by atoms with Crippen molar-refractivity contribution in [3.63, 3.8) is 0 Å². The van der Waals surface area contributed by atoms with Gasteiger partial charge in [0.1, 0.15) is 0 Å². The molecule has 0 aromatic heterocycles. The van der Waals surface area contributed by atoms with Crippen molar-refractivity contribution in [1.29, 1.82) is 0 Å². The summed E-state index contributed by atoms with van der Waals surface area (Å²) in [5.41, 5.74) is -1.13. The molecule has 0 saturated heterocycles. The van der Waals surface area contributed by atoms with Gasteiger partial charge in [0.2, 0.25) is 0 Å². The smallest absolute Gasteiger partial charge is 0.310 e. The van der Waals surface area contributed by atoms with Crippen molar-refractivity contribution < 1.29 is 19.8 Å². The van der Waals surface area contributed by atoms with E-state index in [1.54, 1.807) is 13.8 Å². The lowest BCUT2D eigenvalue weighted by Crippen LogP contribution is -2.42. The van der Waals surface area contributed by atoms with Crippen LogP contribution in [-0.2, 0) is 9.59 Å². The van der Waals surface area contributed by atoms with Gasteiger partial charge in [-0.25, -0.2) is 0 Å². The maximum Gasteiger partial charge on any atom is 0.310 e. The van der Waals surface area contributed by atoms with E-state index in [0.29, 0.717) is 19.3 Å². The first-order valence-electron chi connectivity index (χ1n) is 5.78. The van der Waals surface area contributed by atoms with Crippen molar-refractivity contribution in [3.05, 3.63) is 0 Å². The Morgan fingerprint density at radius 3 is 1.75 bits per heavy atom. The molecule has 0 radical (unpaired) electrons. The van der Waals surface area contributed by atoms with Crippen LogP contribution in [-0.4, -0.2) is 22.2 Å². The van der Waals surface area contributed by atoms with Crippen LogP contribution in [0.2, 0.25) is 0 Å². The zero-order chi connectivity index (χ0) is 12.9. The first-order valence-corrected chi connectivity index (χ1v) is 5.78. The van der Waals surface area contributed by atoms with Gasteiger partial charge in [-0.1, -0.05) is 27.7 Å². The molecule has 1 unspecified atom stereocenters. The number of aliphatic carboxylic acids is 2. The highest BCUT2D eigenvalue weighted by Gasteiger charge is 2.46. The fraction of sp³-hybridized carbons (Fsp3) is 0.833. The second-order valence-corrected chi connectivity index (χ2v) is 4.69. The lowest BCUT2D eigenvalue weighted by Gasteiger charge is -2.33. The molecule has 0 aromatic rings. The molecule has 0 aliphatic rings. The standard InChI is InChI=1S/C12H22O4/c1-5-12(6-2,11(15)16)9(10(13)14)7-8(3)4/h8-9H,5-7H2,1-4H3,(H,13,14)(H,15,16). The number of carbonyl (C=O) groups is 2. The van der Waals surface area contributed by atoms with Crippen molar-refractivity contribution in [3.8, 4) is 0 Å². The Kier molecular flexibility index (Phi) is 5.48. The Bertz CT molecular complexity index is 254. The van der Waals surface area contributed by atoms with E-state index >= 15 is 0 Å². The van der Waals surface area contributed by atoms with Gasteiger partial charge >= 0.3 is 11.9 Å². The first-order chi connectivity index (χ1) is 7.31. The average Bonchev–Trinajstić information content (AvgIpc) is 2.17. The van der Waals surface area contributed by atoms with Gasteiger partial charge in [-0.2, -0.15) is 0 Å². The predicted octanol–water partition coefficient (Wildman–Crippen LogP) is 2.62. The summed E-state index contributed by atoms with van der Waals surface area (Å²) in [6.45, 7) is 7.31. The zero-order valence-electron chi connectivity index (χ0n) is 10.5. The summed E-state index contributed by atoms with van der Waals surface area (Å²) in [7, 11) is 0. The highest BCUT2D eigenvalue weighted by atomic mass is 16.4. The van der Waals surface area contributed by atoms with Crippen LogP contribution >= 0.6 is 0 Å². The normalized spacial score (nSPS) is 13.8. The van der Waals surface area contributed by atoms with E-state index in [9.17, 15) is 19.8 Å². The van der Waals surface area contributed by atoms with Crippen molar-refractivity contribution >= 4 is 11.9 Å². The van der Waals surface area contributed by atoms with Crippen molar-refractivity contribution in [2.75, 3.05) is 0 Å². The minimum absolute atomic E-state index is 0.179. The van der Waals surface area contributed by atoms with Crippen molar-refractivity contribution in [2.45, 2.75) is 47.0 Å². The van der Waals surface area contributed by atoms with Crippen molar-refractivity contribution in [1.82, 2.24) is 0 Å². The summed E-state index contributed by atoms with van der Waals surface area (Å²) in [6, 6.07) is 0. The molecule has 16 heavy (non-hydrogen) atoms. The third-order valence-corrected chi connectivity index (χ3v) is 3.36. The summed E-state index contributed by atoms with van der Waals surface area (Å²) in [6.07, 6.45) is 1.11. The lowest BCUT2D eigenvalue weighted by atomic mass is 9.68. The van der Waals surface area contributed by atoms with Crippen molar-refractivity contribution in [2.24, 2.45) is 17.3 Å². The van der Waals surface area contributed by atoms with Gasteiger partial charge in [-0.3, -0.25) is 9.59 Å². The SMILES string of the molecule is CCC(CC)(C(=O)O)C(CC(C)C)C(=O)O. The molecule has 0 bridgehead atoms. The van der Waals surface area contributed by atoms with E-state index in [-0.39, 0.29) is 5.92 Å². The molecule has 94 valence electrons. The van der Waals surface area contributed by atoms with Gasteiger partial charge < -0.3 is 10.2 Å². The molecule has 0 fully saturated rings. The summed E-state index contributed by atoms with van der Waals surface area (Å²) in [5, 5.41) is 18.5. The van der Waals surface area contributed by atoms with Crippen LogP contribution in [0.25, 0.3) is 0 Å². The summed E-state index contributed by atoms with van der Waals surface area (Å²) in [5.74, 6) is -2.62. The number of hydrogen-bond donors (Lipinski definition) is 2. The molecule has 0 aliphatic heterocycles. The average molecular weight is 230 g/mol. The molecule has 2 N–H and O–H groups in total. The number of rotatable bonds is 7. The maximum absolute atomic E-state index is 11.3. The van der Waals surface area contributed by atoms with Crippen LogP contribution in [0.3, 0.4) is 0 Å². The lowest BCUT2D eigenvalue weighted by molar-refractivity contribution is -0.164. The summed E-state index contributed by atoms with van der Waals surface area (Å²) in [4.78, 5) is 22.6. The van der Waals surface area contributed by atoms with Gasteiger partial charge in [0.05, 0.1) is 11.3 Å². The minimum Gasteiger partial charge on any atom is -0.481 e. The molecule has 0 aromatic carbocycles. The Morgan fingerprint density at radius 2 is 1.56 bits per heavy atom. The van der Waals surface area contributed by atoms with E-state index < -0.39 is 23.3 Å². The molecule has 0 amide bonds. The highest BCUT2D eigenvalue weighted by molar-refractivity contribution is 5.83. The van der Waals surface area contributed by atoms with Crippen LogP contribution < -0.4 is 0 Å². The molecule has 0 rings (SSSR count). The quantitative estimate of drug-likeness (QED) is 0.705. The molecule has 0 spiro atoms. The third-order valence-electron chi connectivity index (χ3n) is 3.36. The Balaban J connectivity index is 5.25. The molecule has 1 atom stereocenters. The van der Waals surface area contributed by atoms with E-state index in [1.807, 2.05) is 13.8 Å². The molecule has 0 heterocycles. The number of carboxylic acid groups (broad SMARTS) is 2. The zero-order valence-corrected chi connectivity index (χ0v) is 10.5. The maximum atomic E-state index is 11.3. The topological polar surface area (TPSA) is 74.6 Å². The molecule has 4 nitrogen and oxygen atoms in total. The largest absolute Gasteiger partial charge is 0.481 e. The van der Waals surface area contributed by atoms with E-state index in [4.69, 9.17) is 0 Å². The second kappa shape index (κ2) is 5.87. The predicted molar refractivity (Wildman–Crippen MR) is 61.2 cm³/mol. The molecule has 0 saturated carbocycles. The summed E-state index contributed by atoms with van der Waals surface area (Å²) < 4.78 is 0. The Hall–Kier alpha value is -1.06. The monoisotopic (exact) mass is 230 g/mol. The Labute approximate surface area is 96.7 Å². The highest BCUT2D eigenvalue weighted by Crippen LogP contribution is 2.39. The van der Waals surface area contributed by atoms with E-state index in [1.165, 1.54) is 0 Å². The molecule has 4 heteroatoms. The van der Waals surface area contributed by atoms with E-state index in [0.717, 1.165) is 0 Å². The molecule has 0 aliphatic carbocycles. The fourth-order valence-electron chi connectivity index (χ4n) is 2.23. The Morgan fingerprint density at radius 1 is 1.12 bits per heavy atom. The second-order valence-electron chi connectivity index (χ2n) is 4.69. The molecular formula is C12H22O4. The van der Waals surface area contributed by atoms with Crippen LogP contribution in [0.5, 0.6) is 0 Å². The van der Waals surface area contributed by atoms with E-state index in [2.05, 4.69) is 0 Å². The van der Waals surface area contributed by atoms with Gasteiger partial charge in [0.15, 0.2) is 0 Å². The van der Waals surface area contributed by atoms with Gasteiger partial charge in [0.25, 0.3) is 0 Å². The number of hydrogen-bond acceptors (Lipinski definition) is 2. The molecular weight excluding hydrogens is 208 g/mol. The van der Waals surface area contributed by atoms with Gasteiger partial charge in [0, 0.05) is 0 Å².